The van der Waals surface area contributed by atoms with E-state index in [0.29, 0.717) is 51.4 Å². The Morgan fingerprint density at radius 3 is 0.939 bits per heavy atom. The van der Waals surface area contributed by atoms with Crippen LogP contribution in [0.15, 0.2) is 0 Å². The van der Waals surface area contributed by atoms with Crippen LogP contribution in [0.4, 0.5) is 0 Å². The second kappa shape index (κ2) is 80.5. The lowest BCUT2D eigenvalue weighted by molar-refractivity contribution is -0.272. The summed E-state index contributed by atoms with van der Waals surface area (Å²) < 4.78 is 55.6. The number of hydrogen-bond donors (Lipinski definition) is 6. The van der Waals surface area contributed by atoms with Gasteiger partial charge in [0.25, 0.3) is 0 Å². The van der Waals surface area contributed by atoms with E-state index in [2.05, 4.69) is 77.8 Å². The van der Waals surface area contributed by atoms with Crippen LogP contribution < -0.4 is 10.6 Å². The van der Waals surface area contributed by atoms with E-state index in [0.717, 1.165) is 180 Å². The molecule has 1 saturated heterocycles. The fourth-order valence-electron chi connectivity index (χ4n) is 15.3. The highest BCUT2D eigenvalue weighted by atomic mass is 31.2. The van der Waals surface area contributed by atoms with Gasteiger partial charge in [-0.1, -0.05) is 371 Å². The first-order valence-electron chi connectivity index (χ1n) is 48.1. The highest BCUT2D eigenvalue weighted by Crippen LogP contribution is 2.43. The third-order valence-corrected chi connectivity index (χ3v) is 23.0. The van der Waals surface area contributed by atoms with Crippen molar-refractivity contribution < 1.29 is 86.3 Å². The third kappa shape index (κ3) is 68.0. The van der Waals surface area contributed by atoms with E-state index in [9.17, 15) is 53.3 Å². The largest absolute Gasteiger partial charge is 0.470 e. The standard InChI is InChI=1S/C87H165N2O18P.C6H15N/c1-7-13-19-25-31-37-43-49-55-61-74(102-80(94)64-58-52-46-40-34-28-22-16-10-4)67-78(92)88-73(70-90)72-101-87-84(89-79(93)68-75(62-56-50-44-38-32-26-20-14-8-2)103-81(95)65-59-53-47-41-35-29-23-17-11-5)86(85(77(71-91)105-87)107-108(98,99)100)106-83(97)69-76(63-57-51-45-39-33-27-21-15-9-3)104-82(96)66-60-54-48-42-36-30-24-18-12-6;1-4-7(5-2)6-3/h73-77,84-87,90-91H,7-72H2,1-6H3,(H,88,92)(H,89,93)(H2,98,99,100);4-6H2,1-3H3/t73-,74-,75-,76-,77-,84+,85-,86-,87+;/m1./s1. The summed E-state index contributed by atoms with van der Waals surface area (Å²) in [5.41, 5.74) is 0. The fraction of sp³-hybridized carbons (Fsp3) is 0.935. The summed E-state index contributed by atoms with van der Waals surface area (Å²) in [4.78, 5) is 108. The molecular formula is C93H180N3O18P. The van der Waals surface area contributed by atoms with E-state index in [1.807, 2.05) is 0 Å². The van der Waals surface area contributed by atoms with E-state index in [1.165, 1.54) is 154 Å². The summed E-state index contributed by atoms with van der Waals surface area (Å²) in [5, 5.41) is 27.6. The van der Waals surface area contributed by atoms with E-state index in [-0.39, 0.29) is 38.1 Å². The highest BCUT2D eigenvalue weighted by molar-refractivity contribution is 7.46. The van der Waals surface area contributed by atoms with E-state index in [1.54, 1.807) is 0 Å². The lowest BCUT2D eigenvalue weighted by Gasteiger charge is -2.45. The van der Waals surface area contributed by atoms with Crippen LogP contribution in [0, 0.1) is 0 Å². The Morgan fingerprint density at radius 1 is 0.374 bits per heavy atom. The van der Waals surface area contributed by atoms with Gasteiger partial charge in [-0.25, -0.2) is 4.57 Å². The molecule has 21 nitrogen and oxygen atoms in total. The van der Waals surface area contributed by atoms with Gasteiger partial charge in [-0.2, -0.15) is 0 Å². The molecule has 0 aliphatic carbocycles. The van der Waals surface area contributed by atoms with Gasteiger partial charge in [0.2, 0.25) is 11.8 Å². The van der Waals surface area contributed by atoms with Crippen molar-refractivity contribution in [1.29, 1.82) is 0 Å². The third-order valence-electron chi connectivity index (χ3n) is 22.5. The molecule has 1 aliphatic heterocycles. The predicted octanol–water partition coefficient (Wildman–Crippen LogP) is 22.9. The first-order chi connectivity index (χ1) is 55.8. The van der Waals surface area contributed by atoms with Gasteiger partial charge < -0.3 is 64.0 Å². The molecule has 0 saturated carbocycles. The molecule has 22 heteroatoms. The summed E-state index contributed by atoms with van der Waals surface area (Å²) in [6.07, 6.45) is 48.2. The van der Waals surface area contributed by atoms with Crippen LogP contribution in [-0.4, -0.2) is 155 Å². The number of carbonyl (C=O) groups is 6. The maximum Gasteiger partial charge on any atom is 0.470 e. The Morgan fingerprint density at radius 2 is 0.661 bits per heavy atom. The predicted molar refractivity (Wildman–Crippen MR) is 467 cm³/mol. The average Bonchev–Trinajstić information content (AvgIpc) is 0.780. The van der Waals surface area contributed by atoms with Gasteiger partial charge >= 0.3 is 31.7 Å². The van der Waals surface area contributed by atoms with Crippen LogP contribution in [0.2, 0.25) is 0 Å². The quantitative estimate of drug-likeness (QED) is 0.0143. The van der Waals surface area contributed by atoms with Crippen LogP contribution in [0.5, 0.6) is 0 Å². The number of phosphoric ester groups is 1. The Labute approximate surface area is 703 Å². The van der Waals surface area contributed by atoms with Crippen LogP contribution in [0.25, 0.3) is 0 Å². The second-order valence-electron chi connectivity index (χ2n) is 33.3. The van der Waals surface area contributed by atoms with Crippen molar-refractivity contribution in [3.8, 4) is 0 Å². The van der Waals surface area contributed by atoms with Crippen molar-refractivity contribution in [3.63, 3.8) is 0 Å². The fourth-order valence-corrected chi connectivity index (χ4v) is 15.8. The number of nitrogens with zero attached hydrogens (tertiary/aromatic N) is 1. The minimum absolute atomic E-state index is 0.152. The van der Waals surface area contributed by atoms with Gasteiger partial charge in [0.15, 0.2) is 12.4 Å². The van der Waals surface area contributed by atoms with Crippen LogP contribution in [-0.2, 0) is 66.3 Å². The molecule has 1 heterocycles. The molecule has 1 fully saturated rings. The molecule has 1 rings (SSSR count). The van der Waals surface area contributed by atoms with E-state index < -0.39 is 119 Å². The number of aliphatic hydroxyl groups is 2. The molecule has 6 N–H and O–H groups in total. The molecule has 0 spiro atoms. The number of esters is 4. The SMILES string of the molecule is CCCCCCCCCCCC(=O)O[C@H](CCCCCCCCCCC)CC(=O)N[C@H](CO)CO[C@H]1O[C@H](CO)[C@@H](OP(=O)(O)O)[C@H](OC(=O)C[C@@H](CCCCCCCCCCC)OC(=O)CCCCCCCCCCC)[C@@H]1NC(=O)C[C@@H](CCCCCCCCCCC)OC(=O)CCCCCCCCCCC.CCN(CC)CC. The number of phosphoric acid groups is 1. The zero-order chi connectivity index (χ0) is 84.9. The minimum atomic E-state index is -5.52. The zero-order valence-corrected chi connectivity index (χ0v) is 76.3. The smallest absolute Gasteiger partial charge is 0.462 e. The summed E-state index contributed by atoms with van der Waals surface area (Å²) >= 11 is 0. The molecule has 0 unspecified atom stereocenters. The van der Waals surface area contributed by atoms with Gasteiger partial charge in [-0.15, -0.1) is 0 Å². The first-order valence-corrected chi connectivity index (χ1v) is 49.7. The molecule has 9 atom stereocenters. The zero-order valence-electron chi connectivity index (χ0n) is 75.4. The number of aliphatic hydroxyl groups excluding tert-OH is 2. The van der Waals surface area contributed by atoms with Crippen molar-refractivity contribution in [3.05, 3.63) is 0 Å². The van der Waals surface area contributed by atoms with E-state index >= 15 is 0 Å². The Hall–Kier alpha value is -3.27. The highest BCUT2D eigenvalue weighted by Gasteiger charge is 2.52. The molecule has 1 aliphatic rings. The Balaban J connectivity index is 0.0000177. The second-order valence-corrected chi connectivity index (χ2v) is 34.5. The Kier molecular flexibility index (Phi) is 78.2. The number of hydrogen-bond acceptors (Lipinski definition) is 17. The van der Waals surface area contributed by atoms with Crippen molar-refractivity contribution in [2.45, 2.75) is 522 Å². The monoisotopic (exact) mass is 1660 g/mol. The van der Waals surface area contributed by atoms with Crippen LogP contribution in [0.1, 0.15) is 467 Å². The van der Waals surface area contributed by atoms with Gasteiger partial charge in [-0.05, 0) is 77.4 Å². The van der Waals surface area contributed by atoms with Crippen molar-refractivity contribution in [2.75, 3.05) is 39.5 Å². The summed E-state index contributed by atoms with van der Waals surface area (Å²) in [6, 6.07) is -2.81. The molecular weight excluding hydrogens is 1480 g/mol. The molecule has 680 valence electrons. The van der Waals surface area contributed by atoms with Crippen molar-refractivity contribution >= 4 is 43.5 Å². The number of nitrogens with one attached hydrogen (secondary N) is 2. The molecule has 0 aromatic rings. The van der Waals surface area contributed by atoms with Crippen molar-refractivity contribution in [2.24, 2.45) is 0 Å². The van der Waals surface area contributed by atoms with Crippen molar-refractivity contribution in [1.82, 2.24) is 15.5 Å². The molecule has 0 radical (unpaired) electrons. The number of rotatable bonds is 82. The molecule has 0 aromatic heterocycles. The molecule has 2 amide bonds. The number of carbonyl (C=O) groups excluding carboxylic acids is 6. The lowest BCUT2D eigenvalue weighted by Crippen LogP contribution is -2.66. The molecule has 0 aromatic carbocycles. The Bertz CT molecular complexity index is 2290. The average molecular weight is 1660 g/mol. The van der Waals surface area contributed by atoms with E-state index in [4.69, 9.17) is 32.9 Å². The summed E-state index contributed by atoms with van der Waals surface area (Å²) in [6.45, 7) is 21.2. The maximum absolute atomic E-state index is 14.9. The summed E-state index contributed by atoms with van der Waals surface area (Å²) in [5.74, 6) is -3.49. The number of amides is 2. The van der Waals surface area contributed by atoms with Gasteiger partial charge in [-0.3, -0.25) is 33.3 Å². The topological polar surface area (TPSA) is 292 Å². The lowest BCUT2D eigenvalue weighted by atomic mass is 9.95. The number of unbranched alkanes of at least 4 members (excludes halogenated alkanes) is 48. The van der Waals surface area contributed by atoms with Gasteiger partial charge in [0, 0.05) is 19.3 Å². The molecule has 115 heavy (non-hydrogen) atoms. The van der Waals surface area contributed by atoms with Gasteiger partial charge in [0.1, 0.15) is 36.6 Å². The number of ether oxygens (including phenoxy) is 6. The maximum atomic E-state index is 14.9. The normalized spacial score (nSPS) is 16.7. The van der Waals surface area contributed by atoms with Crippen LogP contribution >= 0.6 is 7.82 Å². The minimum Gasteiger partial charge on any atom is -0.462 e. The molecule has 0 bridgehead atoms. The van der Waals surface area contributed by atoms with Gasteiger partial charge in [0.05, 0.1) is 45.1 Å². The first kappa shape index (κ1) is 112. The summed E-state index contributed by atoms with van der Waals surface area (Å²) in [7, 11) is -5.52. The van der Waals surface area contributed by atoms with Crippen LogP contribution in [0.3, 0.4) is 0 Å².